The first-order valence-electron chi connectivity index (χ1n) is 12.1. The highest BCUT2D eigenvalue weighted by atomic mass is 16.7. The van der Waals surface area contributed by atoms with Gasteiger partial charge in [-0.25, -0.2) is 0 Å². The van der Waals surface area contributed by atoms with Crippen LogP contribution in [0.1, 0.15) is 53.8 Å². The van der Waals surface area contributed by atoms with Gasteiger partial charge in [0.15, 0.2) is 11.5 Å². The van der Waals surface area contributed by atoms with Crippen molar-refractivity contribution in [3.8, 4) is 17.6 Å². The second-order valence-electron chi connectivity index (χ2n) is 9.29. The predicted octanol–water partition coefficient (Wildman–Crippen LogP) is 4.73. The van der Waals surface area contributed by atoms with Crippen LogP contribution < -0.4 is 14.8 Å². The number of aromatic nitrogens is 1. The minimum Gasteiger partial charge on any atom is -0.467 e. The molecule has 0 atom stereocenters. The summed E-state index contributed by atoms with van der Waals surface area (Å²) >= 11 is 0. The third-order valence-corrected chi connectivity index (χ3v) is 7.10. The molecule has 2 aliphatic rings. The number of fused-ring (bicyclic) bond motifs is 1. The molecule has 1 fully saturated rings. The number of furan rings is 1. The van der Waals surface area contributed by atoms with E-state index in [4.69, 9.17) is 13.9 Å². The molecule has 1 N–H and O–H groups in total. The molecular weight excluding hydrogens is 444 g/mol. The van der Waals surface area contributed by atoms with Gasteiger partial charge in [0.2, 0.25) is 12.7 Å². The minimum atomic E-state index is -0.132. The summed E-state index contributed by atoms with van der Waals surface area (Å²) in [5.74, 6) is 2.66. The number of nitrogens with one attached hydrogen (secondary N) is 1. The zero-order chi connectivity index (χ0) is 24.4. The molecule has 5 rings (SSSR count). The Bertz CT molecular complexity index is 1250. The number of carbonyl (C=O) groups excluding carboxylic acids is 1. The number of nitriles is 1. The van der Waals surface area contributed by atoms with Crippen molar-refractivity contribution in [3.63, 3.8) is 0 Å². The summed E-state index contributed by atoms with van der Waals surface area (Å²) in [4.78, 5) is 15.6. The van der Waals surface area contributed by atoms with Gasteiger partial charge in [-0.2, -0.15) is 5.26 Å². The average molecular weight is 475 g/mol. The molecule has 8 heteroatoms. The van der Waals surface area contributed by atoms with E-state index in [1.54, 1.807) is 6.26 Å². The predicted molar refractivity (Wildman–Crippen MR) is 130 cm³/mol. The van der Waals surface area contributed by atoms with E-state index in [-0.39, 0.29) is 19.2 Å². The van der Waals surface area contributed by atoms with Gasteiger partial charge in [0.05, 0.1) is 24.9 Å². The van der Waals surface area contributed by atoms with Crippen molar-refractivity contribution in [2.75, 3.05) is 18.7 Å². The van der Waals surface area contributed by atoms with Crippen molar-refractivity contribution in [2.24, 2.45) is 0 Å². The van der Waals surface area contributed by atoms with Crippen LogP contribution in [0.3, 0.4) is 0 Å². The summed E-state index contributed by atoms with van der Waals surface area (Å²) in [6.45, 7) is 5.44. The lowest BCUT2D eigenvalue weighted by atomic mass is 10.1. The van der Waals surface area contributed by atoms with E-state index in [9.17, 15) is 10.1 Å². The van der Waals surface area contributed by atoms with E-state index in [0.29, 0.717) is 30.5 Å². The molecule has 8 nitrogen and oxygen atoms in total. The van der Waals surface area contributed by atoms with Crippen molar-refractivity contribution >= 4 is 11.7 Å². The number of carbonyl (C=O) groups is 1. The maximum atomic E-state index is 13.4. The van der Waals surface area contributed by atoms with Gasteiger partial charge in [-0.15, -0.1) is 0 Å². The quantitative estimate of drug-likeness (QED) is 0.507. The second kappa shape index (κ2) is 9.88. The molecule has 3 aromatic rings. The highest BCUT2D eigenvalue weighted by Crippen LogP contribution is 2.34. The van der Waals surface area contributed by atoms with Crippen molar-refractivity contribution in [2.45, 2.75) is 58.7 Å². The molecule has 1 saturated carbocycles. The molecule has 3 heterocycles. The second-order valence-corrected chi connectivity index (χ2v) is 9.29. The summed E-state index contributed by atoms with van der Waals surface area (Å²) in [5, 5.41) is 12.9. The summed E-state index contributed by atoms with van der Waals surface area (Å²) in [6.07, 6.45) is 6.13. The van der Waals surface area contributed by atoms with E-state index < -0.39 is 0 Å². The van der Waals surface area contributed by atoms with E-state index in [0.717, 1.165) is 46.9 Å². The van der Waals surface area contributed by atoms with E-state index in [1.807, 2.05) is 48.7 Å². The Hall–Kier alpha value is -3.70. The van der Waals surface area contributed by atoms with Crippen LogP contribution in [0.2, 0.25) is 0 Å². The van der Waals surface area contributed by atoms with Crippen LogP contribution in [0.25, 0.3) is 0 Å². The third-order valence-electron chi connectivity index (χ3n) is 7.10. The third kappa shape index (κ3) is 4.77. The first-order chi connectivity index (χ1) is 17.0. The van der Waals surface area contributed by atoms with Gasteiger partial charge in [0.1, 0.15) is 17.6 Å². The summed E-state index contributed by atoms with van der Waals surface area (Å²) in [5.41, 5.74) is 3.37. The van der Waals surface area contributed by atoms with Crippen LogP contribution in [-0.4, -0.2) is 34.8 Å². The lowest BCUT2D eigenvalue weighted by Crippen LogP contribution is -2.39. The van der Waals surface area contributed by atoms with Gasteiger partial charge < -0.3 is 23.8 Å². The fraction of sp³-hybridized carbons (Fsp3) is 0.407. The zero-order valence-electron chi connectivity index (χ0n) is 20.2. The molecule has 1 aliphatic heterocycles. The van der Waals surface area contributed by atoms with Crippen molar-refractivity contribution < 1.29 is 18.7 Å². The average Bonchev–Trinajstić information content (AvgIpc) is 3.65. The molecule has 1 aromatic carbocycles. The van der Waals surface area contributed by atoms with E-state index in [2.05, 4.69) is 16.3 Å². The largest absolute Gasteiger partial charge is 0.467 e. The minimum absolute atomic E-state index is 0.132. The number of nitrogens with zero attached hydrogens (tertiary/aromatic N) is 3. The molecule has 1 aliphatic carbocycles. The number of hydrogen-bond acceptors (Lipinski definition) is 6. The highest BCUT2D eigenvalue weighted by molar-refractivity contribution is 5.93. The van der Waals surface area contributed by atoms with Gasteiger partial charge in [0, 0.05) is 18.3 Å². The Balaban J connectivity index is 1.36. The van der Waals surface area contributed by atoms with Crippen molar-refractivity contribution in [1.29, 1.82) is 5.26 Å². The number of ether oxygens (including phenoxy) is 2. The number of amides is 1. The SMILES string of the molecule is Cc1c(C#N)c(NC(=O)CN(Cc2ccc3c(c2)OCO3)C2CCCC2)n(Cc2ccco2)c1C. The molecule has 0 unspecified atom stereocenters. The fourth-order valence-corrected chi connectivity index (χ4v) is 5.10. The van der Waals surface area contributed by atoms with Gasteiger partial charge >= 0.3 is 0 Å². The molecule has 35 heavy (non-hydrogen) atoms. The maximum Gasteiger partial charge on any atom is 0.239 e. The van der Waals surface area contributed by atoms with Gasteiger partial charge in [-0.3, -0.25) is 9.69 Å². The van der Waals surface area contributed by atoms with Crippen LogP contribution in [0.15, 0.2) is 41.0 Å². The topological polar surface area (TPSA) is 92.7 Å². The normalized spacial score (nSPS) is 15.0. The Labute approximate surface area is 205 Å². The number of hydrogen-bond donors (Lipinski definition) is 1. The first-order valence-corrected chi connectivity index (χ1v) is 12.1. The van der Waals surface area contributed by atoms with Crippen LogP contribution in [0.5, 0.6) is 11.5 Å². The number of anilines is 1. The molecule has 0 saturated heterocycles. The van der Waals surface area contributed by atoms with Crippen LogP contribution >= 0.6 is 0 Å². The monoisotopic (exact) mass is 474 g/mol. The zero-order valence-corrected chi connectivity index (χ0v) is 20.2. The van der Waals surface area contributed by atoms with Crippen molar-refractivity contribution in [1.82, 2.24) is 9.47 Å². The first kappa shape index (κ1) is 23.1. The Morgan fingerprint density at radius 2 is 2.00 bits per heavy atom. The van der Waals surface area contributed by atoms with Crippen molar-refractivity contribution in [3.05, 3.63) is 64.7 Å². The summed E-state index contributed by atoms with van der Waals surface area (Å²) < 4.78 is 18.4. The summed E-state index contributed by atoms with van der Waals surface area (Å²) in [7, 11) is 0. The van der Waals surface area contributed by atoms with Gasteiger partial charge in [0.25, 0.3) is 0 Å². The number of benzene rings is 1. The van der Waals surface area contributed by atoms with E-state index in [1.165, 1.54) is 12.8 Å². The molecule has 0 bridgehead atoms. The molecule has 2 aromatic heterocycles. The lowest BCUT2D eigenvalue weighted by Gasteiger charge is -2.28. The van der Waals surface area contributed by atoms with Gasteiger partial charge in [-0.1, -0.05) is 18.9 Å². The van der Waals surface area contributed by atoms with Gasteiger partial charge in [-0.05, 0) is 62.1 Å². The van der Waals surface area contributed by atoms with Crippen LogP contribution in [-0.2, 0) is 17.9 Å². The molecule has 182 valence electrons. The molecule has 0 spiro atoms. The van der Waals surface area contributed by atoms with E-state index >= 15 is 0 Å². The number of rotatable bonds is 8. The Morgan fingerprint density at radius 1 is 1.20 bits per heavy atom. The summed E-state index contributed by atoms with van der Waals surface area (Å²) in [6, 6.07) is 12.3. The lowest BCUT2D eigenvalue weighted by molar-refractivity contribution is -0.118. The smallest absolute Gasteiger partial charge is 0.239 e. The van der Waals surface area contributed by atoms with Crippen LogP contribution in [0, 0.1) is 25.2 Å². The maximum absolute atomic E-state index is 13.4. The standard InChI is InChI=1S/C27H30N4O4/c1-18-19(2)31(15-22-8-5-11-33-22)27(23(18)13-28)29-26(32)16-30(21-6-3-4-7-21)14-20-9-10-24-25(12-20)35-17-34-24/h5,8-12,21H,3-4,6-7,14-17H2,1-2H3,(H,29,32). The van der Waals surface area contributed by atoms with Crippen LogP contribution in [0.4, 0.5) is 5.82 Å². The highest BCUT2D eigenvalue weighted by Gasteiger charge is 2.27. The Kier molecular flexibility index (Phi) is 6.51. The molecule has 0 radical (unpaired) electrons. The fourth-order valence-electron chi connectivity index (χ4n) is 5.10. The molecule has 1 amide bonds. The Morgan fingerprint density at radius 3 is 2.74 bits per heavy atom. The molecular formula is C27H30N4O4.